The summed E-state index contributed by atoms with van der Waals surface area (Å²) in [6, 6.07) is 15.6. The Hall–Kier alpha value is -2.77. The summed E-state index contributed by atoms with van der Waals surface area (Å²) in [6.07, 6.45) is 3.68. The molecule has 1 N–H and O–H groups in total. The summed E-state index contributed by atoms with van der Waals surface area (Å²) in [5.41, 5.74) is 3.00. The fourth-order valence-corrected chi connectivity index (χ4v) is 3.54. The van der Waals surface area contributed by atoms with E-state index in [1.807, 2.05) is 41.2 Å². The van der Waals surface area contributed by atoms with Gasteiger partial charge in [0.1, 0.15) is 5.75 Å². The van der Waals surface area contributed by atoms with Crippen molar-refractivity contribution >= 4 is 23.4 Å². The molecule has 0 aliphatic heterocycles. The Bertz CT molecular complexity index is 1030. The van der Waals surface area contributed by atoms with E-state index in [0.717, 1.165) is 17.0 Å². The minimum Gasteiger partial charge on any atom is -0.496 e. The SMILES string of the molecule is COc1ccc(Cl)cc1-c1nc(SCc2ccc(-n3cccn3)cc2)n[nH]1. The third kappa shape index (κ3) is 3.99. The van der Waals surface area contributed by atoms with E-state index in [4.69, 9.17) is 16.3 Å². The fraction of sp³-hybridized carbons (Fsp3) is 0.105. The second-order valence-corrected chi connectivity index (χ2v) is 7.10. The summed E-state index contributed by atoms with van der Waals surface area (Å²) in [5, 5.41) is 12.8. The van der Waals surface area contributed by atoms with E-state index in [0.29, 0.717) is 21.8 Å². The van der Waals surface area contributed by atoms with Crippen LogP contribution in [0.2, 0.25) is 5.02 Å². The summed E-state index contributed by atoms with van der Waals surface area (Å²) in [6.45, 7) is 0. The average Bonchev–Trinajstić information content (AvgIpc) is 3.39. The van der Waals surface area contributed by atoms with Crippen LogP contribution >= 0.6 is 23.4 Å². The predicted octanol–water partition coefficient (Wildman–Crippen LogP) is 4.61. The molecular formula is C19H16ClN5OS. The first-order valence-corrected chi connectivity index (χ1v) is 9.57. The van der Waals surface area contributed by atoms with E-state index in [1.165, 1.54) is 5.56 Å². The summed E-state index contributed by atoms with van der Waals surface area (Å²) in [5.74, 6) is 2.09. The van der Waals surface area contributed by atoms with Crippen molar-refractivity contribution in [3.05, 3.63) is 71.5 Å². The Balaban J connectivity index is 1.45. The number of benzene rings is 2. The van der Waals surface area contributed by atoms with Crippen LogP contribution in [-0.4, -0.2) is 32.1 Å². The van der Waals surface area contributed by atoms with Gasteiger partial charge in [0.2, 0.25) is 5.16 Å². The lowest BCUT2D eigenvalue weighted by molar-refractivity contribution is 0.416. The highest BCUT2D eigenvalue weighted by atomic mass is 35.5. The molecule has 4 rings (SSSR count). The number of hydrogen-bond acceptors (Lipinski definition) is 5. The number of ether oxygens (including phenoxy) is 1. The van der Waals surface area contributed by atoms with Gasteiger partial charge in [-0.05, 0) is 42.0 Å². The monoisotopic (exact) mass is 397 g/mol. The Morgan fingerprint density at radius 2 is 2.04 bits per heavy atom. The van der Waals surface area contributed by atoms with Crippen LogP contribution in [0, 0.1) is 0 Å². The second kappa shape index (κ2) is 7.85. The maximum Gasteiger partial charge on any atom is 0.209 e. The van der Waals surface area contributed by atoms with Gasteiger partial charge in [-0.15, -0.1) is 5.10 Å². The van der Waals surface area contributed by atoms with Crippen molar-refractivity contribution in [1.82, 2.24) is 25.0 Å². The van der Waals surface area contributed by atoms with Gasteiger partial charge in [-0.25, -0.2) is 9.67 Å². The lowest BCUT2D eigenvalue weighted by Crippen LogP contribution is -1.94. The van der Waals surface area contributed by atoms with Gasteiger partial charge in [0.05, 0.1) is 18.4 Å². The summed E-state index contributed by atoms with van der Waals surface area (Å²) in [7, 11) is 1.62. The first-order valence-electron chi connectivity index (χ1n) is 8.21. The molecule has 2 heterocycles. The number of aromatic amines is 1. The summed E-state index contributed by atoms with van der Waals surface area (Å²) in [4.78, 5) is 4.55. The number of halogens is 1. The Morgan fingerprint density at radius 3 is 2.78 bits per heavy atom. The zero-order chi connectivity index (χ0) is 18.6. The molecule has 27 heavy (non-hydrogen) atoms. The minimum atomic E-state index is 0.619. The molecule has 0 aliphatic rings. The molecule has 0 radical (unpaired) electrons. The van der Waals surface area contributed by atoms with Crippen molar-refractivity contribution in [2.75, 3.05) is 7.11 Å². The maximum atomic E-state index is 6.09. The Morgan fingerprint density at radius 1 is 1.19 bits per heavy atom. The van der Waals surface area contributed by atoms with Crippen LogP contribution in [0.3, 0.4) is 0 Å². The average molecular weight is 398 g/mol. The number of nitrogens with one attached hydrogen (secondary N) is 1. The maximum absolute atomic E-state index is 6.09. The second-order valence-electron chi connectivity index (χ2n) is 5.72. The van der Waals surface area contributed by atoms with Gasteiger partial charge >= 0.3 is 0 Å². The van der Waals surface area contributed by atoms with Crippen molar-refractivity contribution < 1.29 is 4.74 Å². The molecule has 6 nitrogen and oxygen atoms in total. The van der Waals surface area contributed by atoms with Crippen molar-refractivity contribution in [2.45, 2.75) is 10.9 Å². The number of hydrogen-bond donors (Lipinski definition) is 1. The molecule has 136 valence electrons. The van der Waals surface area contributed by atoms with Crippen molar-refractivity contribution in [3.63, 3.8) is 0 Å². The molecule has 0 unspecified atom stereocenters. The quantitative estimate of drug-likeness (QED) is 0.481. The molecule has 0 aliphatic carbocycles. The molecule has 8 heteroatoms. The minimum absolute atomic E-state index is 0.619. The van der Waals surface area contributed by atoms with Crippen LogP contribution in [0.5, 0.6) is 5.75 Å². The van der Waals surface area contributed by atoms with Crippen LogP contribution in [-0.2, 0) is 5.75 Å². The van der Waals surface area contributed by atoms with Crippen molar-refractivity contribution in [1.29, 1.82) is 0 Å². The summed E-state index contributed by atoms with van der Waals surface area (Å²) >= 11 is 7.65. The normalized spacial score (nSPS) is 10.9. The highest BCUT2D eigenvalue weighted by molar-refractivity contribution is 7.98. The van der Waals surface area contributed by atoms with E-state index in [1.54, 1.807) is 31.1 Å². The number of aromatic nitrogens is 5. The van der Waals surface area contributed by atoms with E-state index >= 15 is 0 Å². The highest BCUT2D eigenvalue weighted by Gasteiger charge is 2.12. The molecule has 2 aromatic heterocycles. The fourth-order valence-electron chi connectivity index (χ4n) is 2.61. The van der Waals surface area contributed by atoms with Crippen LogP contribution < -0.4 is 4.74 Å². The first-order chi connectivity index (χ1) is 13.2. The highest BCUT2D eigenvalue weighted by Crippen LogP contribution is 2.31. The first kappa shape index (κ1) is 17.6. The van der Waals surface area contributed by atoms with Gasteiger partial charge in [-0.1, -0.05) is 35.5 Å². The molecular weight excluding hydrogens is 382 g/mol. The molecule has 0 amide bonds. The zero-order valence-corrected chi connectivity index (χ0v) is 16.0. The van der Waals surface area contributed by atoms with E-state index in [-0.39, 0.29) is 0 Å². The molecule has 0 saturated heterocycles. The van der Waals surface area contributed by atoms with Crippen molar-refractivity contribution in [2.24, 2.45) is 0 Å². The van der Waals surface area contributed by atoms with Gasteiger partial charge in [0.25, 0.3) is 0 Å². The van der Waals surface area contributed by atoms with Crippen molar-refractivity contribution in [3.8, 4) is 22.8 Å². The van der Waals surface area contributed by atoms with Crippen LogP contribution in [0.15, 0.2) is 66.1 Å². The molecule has 2 aromatic carbocycles. The van der Waals surface area contributed by atoms with Gasteiger partial charge in [0.15, 0.2) is 5.82 Å². The number of nitrogens with zero attached hydrogens (tertiary/aromatic N) is 4. The van der Waals surface area contributed by atoms with Crippen LogP contribution in [0.4, 0.5) is 0 Å². The van der Waals surface area contributed by atoms with Gasteiger partial charge in [-0.3, -0.25) is 5.10 Å². The third-order valence-electron chi connectivity index (χ3n) is 3.95. The third-order valence-corrected chi connectivity index (χ3v) is 5.11. The number of H-pyrrole nitrogens is 1. The summed E-state index contributed by atoms with van der Waals surface area (Å²) < 4.78 is 7.20. The lowest BCUT2D eigenvalue weighted by Gasteiger charge is -2.05. The van der Waals surface area contributed by atoms with E-state index in [2.05, 4.69) is 32.4 Å². The number of rotatable bonds is 6. The zero-order valence-electron chi connectivity index (χ0n) is 14.5. The number of thioether (sulfide) groups is 1. The predicted molar refractivity (Wildman–Crippen MR) is 107 cm³/mol. The Kier molecular flexibility index (Phi) is 5.13. The van der Waals surface area contributed by atoms with E-state index in [9.17, 15) is 0 Å². The Labute approximate surface area is 165 Å². The van der Waals surface area contributed by atoms with Gasteiger partial charge in [-0.2, -0.15) is 5.10 Å². The molecule has 0 bridgehead atoms. The van der Waals surface area contributed by atoms with Gasteiger partial charge in [0, 0.05) is 23.2 Å². The largest absolute Gasteiger partial charge is 0.496 e. The topological polar surface area (TPSA) is 68.6 Å². The standard InChI is InChI=1S/C19H16ClN5OS/c1-26-17-8-5-14(20)11-16(17)18-22-19(24-23-18)27-12-13-3-6-15(7-4-13)25-10-2-9-21-25/h2-11H,12H2,1H3,(H,22,23,24). The molecule has 0 saturated carbocycles. The molecule has 0 fully saturated rings. The molecule has 0 atom stereocenters. The smallest absolute Gasteiger partial charge is 0.209 e. The lowest BCUT2D eigenvalue weighted by atomic mass is 10.2. The molecule has 4 aromatic rings. The van der Waals surface area contributed by atoms with E-state index < -0.39 is 0 Å². The molecule has 0 spiro atoms. The van der Waals surface area contributed by atoms with Crippen LogP contribution in [0.25, 0.3) is 17.1 Å². The van der Waals surface area contributed by atoms with Crippen LogP contribution in [0.1, 0.15) is 5.56 Å². The van der Waals surface area contributed by atoms with Gasteiger partial charge < -0.3 is 4.74 Å². The number of methoxy groups -OCH3 is 1.